The fourth-order valence-corrected chi connectivity index (χ4v) is 1.57. The molecular formula is C13H9ClN2O2. The number of nitro benzene ring substituents is 1. The van der Waals surface area contributed by atoms with Gasteiger partial charge in [-0.05, 0) is 35.9 Å². The number of nitrogens with zero attached hydrogens (tertiary/aromatic N) is 2. The van der Waals surface area contributed by atoms with Crippen molar-refractivity contribution in [2.75, 3.05) is 0 Å². The third-order valence-electron chi connectivity index (χ3n) is 2.27. The number of aliphatic imine (C=N–C) groups is 1. The van der Waals surface area contributed by atoms with Crippen molar-refractivity contribution in [2.24, 2.45) is 4.99 Å². The van der Waals surface area contributed by atoms with Gasteiger partial charge < -0.3 is 0 Å². The number of hydrogen-bond acceptors (Lipinski definition) is 3. The highest BCUT2D eigenvalue weighted by Crippen LogP contribution is 2.18. The first-order valence-electron chi connectivity index (χ1n) is 5.19. The summed E-state index contributed by atoms with van der Waals surface area (Å²) in [4.78, 5) is 14.3. The van der Waals surface area contributed by atoms with Crippen LogP contribution in [0.1, 0.15) is 5.56 Å². The molecule has 0 bridgehead atoms. The molecule has 0 aliphatic rings. The van der Waals surface area contributed by atoms with E-state index in [2.05, 4.69) is 4.99 Å². The molecule has 0 amide bonds. The van der Waals surface area contributed by atoms with Gasteiger partial charge in [-0.1, -0.05) is 17.7 Å². The molecule has 90 valence electrons. The van der Waals surface area contributed by atoms with Crippen molar-refractivity contribution >= 4 is 29.2 Å². The molecule has 0 radical (unpaired) electrons. The fraction of sp³-hybridized carbons (Fsp3) is 0. The van der Waals surface area contributed by atoms with Crippen molar-refractivity contribution < 1.29 is 4.92 Å². The maximum absolute atomic E-state index is 10.5. The predicted octanol–water partition coefficient (Wildman–Crippen LogP) is 4.00. The Bertz CT molecular complexity index is 594. The van der Waals surface area contributed by atoms with Crippen LogP contribution in [0.3, 0.4) is 0 Å². The monoisotopic (exact) mass is 260 g/mol. The molecule has 4 nitrogen and oxygen atoms in total. The van der Waals surface area contributed by atoms with Gasteiger partial charge in [0.25, 0.3) is 5.69 Å². The van der Waals surface area contributed by atoms with Crippen LogP contribution in [0.4, 0.5) is 11.4 Å². The summed E-state index contributed by atoms with van der Waals surface area (Å²) in [7, 11) is 0. The molecule has 0 heterocycles. The molecule has 0 unspecified atom stereocenters. The van der Waals surface area contributed by atoms with Gasteiger partial charge in [0, 0.05) is 23.4 Å². The number of hydrogen-bond donors (Lipinski definition) is 0. The van der Waals surface area contributed by atoms with E-state index in [1.54, 1.807) is 30.5 Å². The second-order valence-electron chi connectivity index (χ2n) is 3.59. The summed E-state index contributed by atoms with van der Waals surface area (Å²) >= 11 is 5.83. The maximum Gasteiger partial charge on any atom is 0.269 e. The number of benzene rings is 2. The van der Waals surface area contributed by atoms with Gasteiger partial charge in [0.1, 0.15) is 0 Å². The van der Waals surface area contributed by atoms with Gasteiger partial charge in [-0.25, -0.2) is 0 Å². The number of non-ortho nitro benzene ring substituents is 1. The molecule has 18 heavy (non-hydrogen) atoms. The minimum absolute atomic E-state index is 0.0647. The summed E-state index contributed by atoms with van der Waals surface area (Å²) in [5, 5.41) is 11.1. The standard InChI is InChI=1S/C13H9ClN2O2/c14-11-2-1-3-12(8-11)15-9-10-4-6-13(7-5-10)16(17)18/h1-9H. The van der Waals surface area contributed by atoms with E-state index in [0.717, 1.165) is 11.3 Å². The third-order valence-corrected chi connectivity index (χ3v) is 2.51. The van der Waals surface area contributed by atoms with Crippen LogP contribution in [0.5, 0.6) is 0 Å². The van der Waals surface area contributed by atoms with Gasteiger partial charge in [-0.2, -0.15) is 0 Å². The Morgan fingerprint density at radius 3 is 2.50 bits per heavy atom. The van der Waals surface area contributed by atoms with E-state index >= 15 is 0 Å². The SMILES string of the molecule is O=[N+]([O-])c1ccc(C=Nc2cccc(Cl)c2)cc1. The average molecular weight is 261 g/mol. The first kappa shape index (κ1) is 12.3. The molecule has 0 fully saturated rings. The summed E-state index contributed by atoms with van der Waals surface area (Å²) in [6.45, 7) is 0. The van der Waals surface area contributed by atoms with Crippen LogP contribution in [-0.4, -0.2) is 11.1 Å². The molecule has 0 aromatic heterocycles. The Hall–Kier alpha value is -2.20. The zero-order chi connectivity index (χ0) is 13.0. The summed E-state index contributed by atoms with van der Waals surface area (Å²) in [6.07, 6.45) is 1.63. The number of nitro groups is 1. The Morgan fingerprint density at radius 1 is 1.17 bits per heavy atom. The molecule has 0 atom stereocenters. The lowest BCUT2D eigenvalue weighted by atomic mass is 10.2. The van der Waals surface area contributed by atoms with Crippen molar-refractivity contribution in [3.63, 3.8) is 0 Å². The molecule has 0 N–H and O–H groups in total. The van der Waals surface area contributed by atoms with Crippen LogP contribution >= 0.6 is 11.6 Å². The Kier molecular flexibility index (Phi) is 3.69. The molecule has 0 saturated heterocycles. The lowest BCUT2D eigenvalue weighted by Crippen LogP contribution is -1.88. The fourth-order valence-electron chi connectivity index (χ4n) is 1.39. The van der Waals surface area contributed by atoms with Crippen molar-refractivity contribution in [2.45, 2.75) is 0 Å². The van der Waals surface area contributed by atoms with Crippen LogP contribution < -0.4 is 0 Å². The molecule has 2 rings (SSSR count). The van der Waals surface area contributed by atoms with Crippen LogP contribution in [0.15, 0.2) is 53.5 Å². The normalized spacial score (nSPS) is 10.7. The quantitative estimate of drug-likeness (QED) is 0.476. The first-order valence-corrected chi connectivity index (χ1v) is 5.57. The lowest BCUT2D eigenvalue weighted by molar-refractivity contribution is -0.384. The number of halogens is 1. The van der Waals surface area contributed by atoms with Crippen LogP contribution in [0, 0.1) is 10.1 Å². The predicted molar refractivity (Wildman–Crippen MR) is 71.8 cm³/mol. The van der Waals surface area contributed by atoms with E-state index in [0.29, 0.717) is 5.02 Å². The minimum Gasteiger partial charge on any atom is -0.258 e. The zero-order valence-electron chi connectivity index (χ0n) is 9.29. The molecule has 5 heteroatoms. The Labute approximate surface area is 109 Å². The van der Waals surface area contributed by atoms with E-state index < -0.39 is 4.92 Å². The van der Waals surface area contributed by atoms with Crippen molar-refractivity contribution in [1.29, 1.82) is 0 Å². The van der Waals surface area contributed by atoms with Gasteiger partial charge in [0.15, 0.2) is 0 Å². The van der Waals surface area contributed by atoms with E-state index in [1.165, 1.54) is 12.1 Å². The molecule has 2 aromatic rings. The van der Waals surface area contributed by atoms with Gasteiger partial charge >= 0.3 is 0 Å². The summed E-state index contributed by atoms with van der Waals surface area (Å²) in [5.74, 6) is 0. The van der Waals surface area contributed by atoms with E-state index in [-0.39, 0.29) is 5.69 Å². The smallest absolute Gasteiger partial charge is 0.258 e. The van der Waals surface area contributed by atoms with Crippen LogP contribution in [-0.2, 0) is 0 Å². The second-order valence-corrected chi connectivity index (χ2v) is 4.02. The highest BCUT2D eigenvalue weighted by Gasteiger charge is 2.02. The molecule has 0 aliphatic heterocycles. The van der Waals surface area contributed by atoms with Crippen molar-refractivity contribution in [1.82, 2.24) is 0 Å². The molecule has 0 spiro atoms. The third kappa shape index (κ3) is 3.15. The molecule has 2 aromatic carbocycles. The first-order chi connectivity index (χ1) is 8.65. The summed E-state index contributed by atoms with van der Waals surface area (Å²) in [5.41, 5.74) is 1.59. The van der Waals surface area contributed by atoms with Crippen molar-refractivity contribution in [3.05, 3.63) is 69.2 Å². The lowest BCUT2D eigenvalue weighted by Gasteiger charge is -1.95. The number of rotatable bonds is 3. The van der Waals surface area contributed by atoms with E-state index in [1.807, 2.05) is 12.1 Å². The van der Waals surface area contributed by atoms with Gasteiger partial charge in [0.05, 0.1) is 10.6 Å². The summed E-state index contributed by atoms with van der Waals surface area (Å²) < 4.78 is 0. The van der Waals surface area contributed by atoms with Gasteiger partial charge in [0.2, 0.25) is 0 Å². The molecule has 0 aliphatic carbocycles. The largest absolute Gasteiger partial charge is 0.269 e. The Balaban J connectivity index is 2.16. The molecule has 0 saturated carbocycles. The van der Waals surface area contributed by atoms with Crippen LogP contribution in [0.2, 0.25) is 5.02 Å². The van der Waals surface area contributed by atoms with Gasteiger partial charge in [-0.15, -0.1) is 0 Å². The average Bonchev–Trinajstić information content (AvgIpc) is 2.37. The maximum atomic E-state index is 10.5. The van der Waals surface area contributed by atoms with Gasteiger partial charge in [-0.3, -0.25) is 15.1 Å². The van der Waals surface area contributed by atoms with Crippen LogP contribution in [0.25, 0.3) is 0 Å². The zero-order valence-corrected chi connectivity index (χ0v) is 10.0. The van der Waals surface area contributed by atoms with E-state index in [4.69, 9.17) is 11.6 Å². The van der Waals surface area contributed by atoms with E-state index in [9.17, 15) is 10.1 Å². The van der Waals surface area contributed by atoms with Crippen molar-refractivity contribution in [3.8, 4) is 0 Å². The minimum atomic E-state index is -0.433. The Morgan fingerprint density at radius 2 is 1.89 bits per heavy atom. The topological polar surface area (TPSA) is 55.5 Å². The highest BCUT2D eigenvalue weighted by molar-refractivity contribution is 6.30. The molecular weight excluding hydrogens is 252 g/mol. The highest BCUT2D eigenvalue weighted by atomic mass is 35.5. The second kappa shape index (κ2) is 5.42. The summed E-state index contributed by atoms with van der Waals surface area (Å²) in [6, 6.07) is 13.3.